The Labute approximate surface area is 208 Å². The first kappa shape index (κ1) is 22.0. The van der Waals surface area contributed by atoms with Crippen molar-refractivity contribution in [2.24, 2.45) is 0 Å². The molecule has 6 rings (SSSR count). The molecule has 0 radical (unpaired) electrons. The van der Waals surface area contributed by atoms with E-state index in [9.17, 15) is 9.18 Å². The van der Waals surface area contributed by atoms with Gasteiger partial charge in [-0.25, -0.2) is 4.39 Å². The van der Waals surface area contributed by atoms with Crippen molar-refractivity contribution in [3.63, 3.8) is 0 Å². The Kier molecular flexibility index (Phi) is 5.66. The highest BCUT2D eigenvalue weighted by atomic mass is 19.1. The van der Waals surface area contributed by atoms with E-state index in [1.54, 1.807) is 23.2 Å². The minimum atomic E-state index is -0.414. The molecule has 0 spiro atoms. The maximum absolute atomic E-state index is 13.7. The minimum absolute atomic E-state index is 0.114. The van der Waals surface area contributed by atoms with E-state index in [1.165, 1.54) is 12.1 Å². The van der Waals surface area contributed by atoms with Gasteiger partial charge in [0, 0.05) is 24.7 Å². The molecule has 0 N–H and O–H groups in total. The SMILES string of the molecule is O=C1c2c(cc3cccnc3c2OC(c2ccccc2)c2ccccc2)CN1Cc1ccc(F)cc1. The van der Waals surface area contributed by atoms with Crippen LogP contribution in [0.1, 0.15) is 38.7 Å². The number of halogens is 1. The number of rotatable bonds is 6. The summed E-state index contributed by atoms with van der Waals surface area (Å²) in [6, 6.07) is 32.1. The lowest BCUT2D eigenvalue weighted by atomic mass is 10.00. The minimum Gasteiger partial charge on any atom is -0.478 e. The molecule has 1 amide bonds. The molecule has 4 aromatic carbocycles. The van der Waals surface area contributed by atoms with Crippen LogP contribution in [0.5, 0.6) is 5.75 Å². The van der Waals surface area contributed by atoms with Crippen molar-refractivity contribution >= 4 is 16.8 Å². The number of pyridine rings is 1. The summed E-state index contributed by atoms with van der Waals surface area (Å²) in [6.45, 7) is 0.839. The number of carbonyl (C=O) groups is 1. The highest BCUT2D eigenvalue weighted by Crippen LogP contribution is 2.40. The van der Waals surface area contributed by atoms with Gasteiger partial charge in [-0.2, -0.15) is 0 Å². The third kappa shape index (κ3) is 4.09. The third-order valence-electron chi connectivity index (χ3n) is 6.52. The fraction of sp³-hybridized carbons (Fsp3) is 0.0968. The average Bonchev–Trinajstić information content (AvgIpc) is 3.23. The molecule has 0 saturated carbocycles. The van der Waals surface area contributed by atoms with Crippen molar-refractivity contribution in [3.8, 4) is 5.75 Å². The van der Waals surface area contributed by atoms with Crippen LogP contribution >= 0.6 is 0 Å². The van der Waals surface area contributed by atoms with E-state index in [-0.39, 0.29) is 11.7 Å². The average molecular weight is 475 g/mol. The van der Waals surface area contributed by atoms with E-state index >= 15 is 0 Å². The van der Waals surface area contributed by atoms with Crippen molar-refractivity contribution in [1.29, 1.82) is 0 Å². The summed E-state index contributed by atoms with van der Waals surface area (Å²) in [7, 11) is 0. The molecule has 1 aromatic heterocycles. The standard InChI is InChI=1S/C31H23FN2O2/c32-26-15-13-21(14-16-26)19-34-20-25-18-24-12-7-17-33-28(24)30(27(25)31(34)35)36-29(22-8-3-1-4-9-22)23-10-5-2-6-11-23/h1-18,29H,19-20H2. The van der Waals surface area contributed by atoms with Crippen LogP contribution in [0.3, 0.4) is 0 Å². The Balaban J connectivity index is 1.45. The number of carbonyl (C=O) groups excluding carboxylic acids is 1. The Bertz CT molecular complexity index is 1500. The molecule has 0 saturated heterocycles. The molecule has 4 nitrogen and oxygen atoms in total. The van der Waals surface area contributed by atoms with Crippen molar-refractivity contribution < 1.29 is 13.9 Å². The van der Waals surface area contributed by atoms with Crippen molar-refractivity contribution in [2.45, 2.75) is 19.2 Å². The van der Waals surface area contributed by atoms with E-state index in [1.807, 2.05) is 78.9 Å². The first-order chi connectivity index (χ1) is 17.7. The van der Waals surface area contributed by atoms with Gasteiger partial charge in [0.05, 0.1) is 5.56 Å². The third-order valence-corrected chi connectivity index (χ3v) is 6.52. The molecule has 1 aliphatic rings. The quantitative estimate of drug-likeness (QED) is 0.275. The summed E-state index contributed by atoms with van der Waals surface area (Å²) in [4.78, 5) is 20.1. The van der Waals surface area contributed by atoms with E-state index in [4.69, 9.17) is 4.74 Å². The van der Waals surface area contributed by atoms with E-state index in [0.717, 1.165) is 27.6 Å². The number of fused-ring (bicyclic) bond motifs is 2. The Morgan fingerprint density at radius 2 is 1.53 bits per heavy atom. The van der Waals surface area contributed by atoms with E-state index in [2.05, 4.69) is 4.98 Å². The van der Waals surface area contributed by atoms with Gasteiger partial charge in [0.25, 0.3) is 5.91 Å². The molecule has 36 heavy (non-hydrogen) atoms. The van der Waals surface area contributed by atoms with Crippen LogP contribution in [0.25, 0.3) is 10.9 Å². The largest absolute Gasteiger partial charge is 0.478 e. The molecule has 0 unspecified atom stereocenters. The van der Waals surface area contributed by atoms with E-state index < -0.39 is 6.10 Å². The van der Waals surface area contributed by atoms with Gasteiger partial charge in [0.1, 0.15) is 17.4 Å². The number of nitrogens with zero attached hydrogens (tertiary/aromatic N) is 2. The van der Waals surface area contributed by atoms with Gasteiger partial charge in [-0.05, 0) is 46.5 Å². The molecule has 0 fully saturated rings. The molecule has 176 valence electrons. The van der Waals surface area contributed by atoms with Crippen LogP contribution in [0.15, 0.2) is 109 Å². The summed E-state index contributed by atoms with van der Waals surface area (Å²) in [5.41, 5.74) is 4.94. The Morgan fingerprint density at radius 3 is 2.19 bits per heavy atom. The fourth-order valence-corrected chi connectivity index (χ4v) is 4.80. The van der Waals surface area contributed by atoms with Crippen molar-refractivity contribution in [2.75, 3.05) is 0 Å². The van der Waals surface area contributed by atoms with Crippen LogP contribution in [-0.2, 0) is 13.1 Å². The van der Waals surface area contributed by atoms with Gasteiger partial charge in [0.2, 0.25) is 0 Å². The zero-order chi connectivity index (χ0) is 24.5. The molecule has 0 atom stereocenters. The van der Waals surface area contributed by atoms with Crippen molar-refractivity contribution in [1.82, 2.24) is 9.88 Å². The monoisotopic (exact) mass is 474 g/mol. The molecule has 1 aliphatic heterocycles. The molecule has 0 bridgehead atoms. The first-order valence-corrected chi connectivity index (χ1v) is 11.9. The highest BCUT2D eigenvalue weighted by molar-refractivity contribution is 6.06. The first-order valence-electron chi connectivity index (χ1n) is 11.9. The maximum Gasteiger partial charge on any atom is 0.258 e. The molecule has 5 heteroatoms. The molecular formula is C31H23FN2O2. The number of aromatic nitrogens is 1. The van der Waals surface area contributed by atoms with Crippen LogP contribution in [0.4, 0.5) is 4.39 Å². The van der Waals surface area contributed by atoms with Crippen LogP contribution in [-0.4, -0.2) is 15.8 Å². The normalized spacial score (nSPS) is 12.8. The molecular weight excluding hydrogens is 451 g/mol. The summed E-state index contributed by atoms with van der Waals surface area (Å²) in [5.74, 6) is 0.0832. The lowest BCUT2D eigenvalue weighted by molar-refractivity contribution is 0.0762. The molecule has 5 aromatic rings. The number of ether oxygens (including phenoxy) is 1. The summed E-state index contributed by atoms with van der Waals surface area (Å²) >= 11 is 0. The predicted molar refractivity (Wildman–Crippen MR) is 137 cm³/mol. The zero-order valence-electron chi connectivity index (χ0n) is 19.5. The van der Waals surface area contributed by atoms with Crippen molar-refractivity contribution in [3.05, 3.63) is 143 Å². The predicted octanol–water partition coefficient (Wildman–Crippen LogP) is 6.70. The van der Waals surface area contributed by atoms with Crippen LogP contribution < -0.4 is 4.74 Å². The second-order valence-electron chi connectivity index (χ2n) is 8.92. The second kappa shape index (κ2) is 9.27. The van der Waals surface area contributed by atoms with Gasteiger partial charge < -0.3 is 9.64 Å². The number of hydrogen-bond donors (Lipinski definition) is 0. The lowest BCUT2D eigenvalue weighted by Crippen LogP contribution is -2.23. The van der Waals surface area contributed by atoms with Gasteiger partial charge in [-0.15, -0.1) is 0 Å². The van der Waals surface area contributed by atoms with Gasteiger partial charge in [-0.3, -0.25) is 9.78 Å². The van der Waals surface area contributed by atoms with Crippen LogP contribution in [0, 0.1) is 5.82 Å². The fourth-order valence-electron chi connectivity index (χ4n) is 4.80. The second-order valence-corrected chi connectivity index (χ2v) is 8.92. The smallest absolute Gasteiger partial charge is 0.258 e. The summed E-state index contributed by atoms with van der Waals surface area (Å²) < 4.78 is 20.2. The molecule has 2 heterocycles. The van der Waals surface area contributed by atoms with Crippen LogP contribution in [0.2, 0.25) is 0 Å². The Hall–Kier alpha value is -4.51. The topological polar surface area (TPSA) is 42.4 Å². The summed E-state index contributed by atoms with van der Waals surface area (Å²) in [6.07, 6.45) is 1.31. The maximum atomic E-state index is 13.7. The summed E-state index contributed by atoms with van der Waals surface area (Å²) in [5, 5.41) is 0.919. The number of amides is 1. The van der Waals surface area contributed by atoms with Gasteiger partial charge in [0.15, 0.2) is 5.75 Å². The Morgan fingerprint density at radius 1 is 0.861 bits per heavy atom. The van der Waals surface area contributed by atoms with Gasteiger partial charge in [-0.1, -0.05) is 78.9 Å². The lowest BCUT2D eigenvalue weighted by Gasteiger charge is -2.22. The highest BCUT2D eigenvalue weighted by Gasteiger charge is 2.34. The number of hydrogen-bond acceptors (Lipinski definition) is 3. The van der Waals surface area contributed by atoms with Gasteiger partial charge >= 0.3 is 0 Å². The zero-order valence-corrected chi connectivity index (χ0v) is 19.5. The van der Waals surface area contributed by atoms with E-state index in [0.29, 0.717) is 29.9 Å². The molecule has 0 aliphatic carbocycles. The number of benzene rings is 4.